The van der Waals surface area contributed by atoms with Gasteiger partial charge in [-0.15, -0.1) is 0 Å². The molecule has 0 atom stereocenters. The SMILES string of the molecule is CC(C)CN(c1ccccc1C(F)(F)F)S(=O)(=O)c1ccc([N+](=O)[O-])cc1. The molecule has 146 valence electrons. The molecule has 0 aliphatic rings. The first kappa shape index (κ1) is 20.7. The van der Waals surface area contributed by atoms with E-state index in [0.29, 0.717) is 4.31 Å². The molecule has 0 aliphatic heterocycles. The first-order chi connectivity index (χ1) is 12.4. The van der Waals surface area contributed by atoms with Gasteiger partial charge in [0.15, 0.2) is 0 Å². The fourth-order valence-corrected chi connectivity index (χ4v) is 4.10. The summed E-state index contributed by atoms with van der Waals surface area (Å²) in [4.78, 5) is 9.72. The number of nitro groups is 1. The van der Waals surface area contributed by atoms with Crippen molar-refractivity contribution in [2.24, 2.45) is 5.92 Å². The van der Waals surface area contributed by atoms with Crippen molar-refractivity contribution < 1.29 is 26.5 Å². The molecular weight excluding hydrogens is 385 g/mol. The minimum absolute atomic E-state index is 0.188. The number of para-hydroxylation sites is 1. The number of hydrogen-bond donors (Lipinski definition) is 0. The summed E-state index contributed by atoms with van der Waals surface area (Å²) in [6.45, 7) is 3.16. The predicted octanol–water partition coefficient (Wildman–Crippen LogP) is 4.46. The number of halogens is 3. The molecule has 6 nitrogen and oxygen atoms in total. The zero-order valence-electron chi connectivity index (χ0n) is 14.5. The standard InChI is InChI=1S/C17H17F3N2O4S/c1-12(2)11-21(16-6-4-3-5-15(16)17(18,19)20)27(25,26)14-9-7-13(8-10-14)22(23)24/h3-10,12H,11H2,1-2H3. The Bertz CT molecular complexity index is 926. The molecule has 0 aromatic heterocycles. The summed E-state index contributed by atoms with van der Waals surface area (Å²) >= 11 is 0. The van der Waals surface area contributed by atoms with Crippen molar-refractivity contribution in [3.05, 3.63) is 64.2 Å². The van der Waals surface area contributed by atoms with Crippen molar-refractivity contribution in [3.63, 3.8) is 0 Å². The minimum Gasteiger partial charge on any atom is -0.265 e. The lowest BCUT2D eigenvalue weighted by Crippen LogP contribution is -2.35. The van der Waals surface area contributed by atoms with Gasteiger partial charge in [0.1, 0.15) is 0 Å². The summed E-state index contributed by atoms with van der Waals surface area (Å²) in [5.74, 6) is -0.265. The zero-order chi connectivity index (χ0) is 20.4. The van der Waals surface area contributed by atoms with E-state index >= 15 is 0 Å². The van der Waals surface area contributed by atoms with E-state index in [1.165, 1.54) is 12.1 Å². The van der Waals surface area contributed by atoms with Gasteiger partial charge >= 0.3 is 6.18 Å². The van der Waals surface area contributed by atoms with Crippen LogP contribution in [0.2, 0.25) is 0 Å². The van der Waals surface area contributed by atoms with Crippen LogP contribution in [0.15, 0.2) is 53.4 Å². The summed E-state index contributed by atoms with van der Waals surface area (Å²) in [5, 5.41) is 10.7. The van der Waals surface area contributed by atoms with Crippen molar-refractivity contribution >= 4 is 21.4 Å². The first-order valence-electron chi connectivity index (χ1n) is 7.88. The number of hydrogen-bond acceptors (Lipinski definition) is 4. The molecule has 0 aliphatic carbocycles. The van der Waals surface area contributed by atoms with Crippen LogP contribution >= 0.6 is 0 Å². The largest absolute Gasteiger partial charge is 0.418 e. The molecule has 0 bridgehead atoms. The molecule has 0 radical (unpaired) electrons. The van der Waals surface area contributed by atoms with Gasteiger partial charge in [0.2, 0.25) is 0 Å². The van der Waals surface area contributed by atoms with E-state index in [4.69, 9.17) is 0 Å². The van der Waals surface area contributed by atoms with Gasteiger partial charge in [0.25, 0.3) is 15.7 Å². The summed E-state index contributed by atoms with van der Waals surface area (Å²) in [5.41, 5.74) is -1.88. The summed E-state index contributed by atoms with van der Waals surface area (Å²) < 4.78 is 66.9. The van der Waals surface area contributed by atoms with Crippen molar-refractivity contribution in [2.75, 3.05) is 10.8 Å². The van der Waals surface area contributed by atoms with Crippen molar-refractivity contribution in [1.82, 2.24) is 0 Å². The molecule has 0 saturated carbocycles. The Morgan fingerprint density at radius 3 is 2.11 bits per heavy atom. The second kappa shape index (κ2) is 7.55. The second-order valence-electron chi connectivity index (χ2n) is 6.20. The molecule has 2 aromatic rings. The maximum Gasteiger partial charge on any atom is 0.418 e. The van der Waals surface area contributed by atoms with Gasteiger partial charge in [-0.2, -0.15) is 13.2 Å². The number of nitrogens with zero attached hydrogens (tertiary/aromatic N) is 2. The quantitative estimate of drug-likeness (QED) is 0.528. The van der Waals surface area contributed by atoms with Crippen LogP contribution in [-0.4, -0.2) is 19.9 Å². The minimum atomic E-state index is -4.74. The third-order valence-corrected chi connectivity index (χ3v) is 5.44. The number of alkyl halides is 3. The number of non-ortho nitro benzene ring substituents is 1. The molecule has 0 spiro atoms. The van der Waals surface area contributed by atoms with Crippen LogP contribution in [0.1, 0.15) is 19.4 Å². The Balaban J connectivity index is 2.62. The molecule has 0 heterocycles. The van der Waals surface area contributed by atoms with E-state index < -0.39 is 32.4 Å². The molecule has 2 rings (SSSR count). The first-order valence-corrected chi connectivity index (χ1v) is 9.32. The van der Waals surface area contributed by atoms with Gasteiger partial charge in [-0.05, 0) is 30.2 Å². The topological polar surface area (TPSA) is 80.5 Å². The Labute approximate surface area is 154 Å². The van der Waals surface area contributed by atoms with E-state index in [0.717, 1.165) is 36.4 Å². The number of benzene rings is 2. The third-order valence-electron chi connectivity index (χ3n) is 3.64. The smallest absolute Gasteiger partial charge is 0.265 e. The monoisotopic (exact) mass is 402 g/mol. The highest BCUT2D eigenvalue weighted by atomic mass is 32.2. The number of rotatable bonds is 6. The highest BCUT2D eigenvalue weighted by Crippen LogP contribution is 2.38. The summed E-state index contributed by atoms with van der Waals surface area (Å²) in [7, 11) is -4.36. The average molecular weight is 402 g/mol. The molecular formula is C17H17F3N2O4S. The van der Waals surface area contributed by atoms with Crippen LogP contribution in [0.3, 0.4) is 0 Å². The second-order valence-corrected chi connectivity index (χ2v) is 8.06. The van der Waals surface area contributed by atoms with Crippen LogP contribution in [0.5, 0.6) is 0 Å². The lowest BCUT2D eigenvalue weighted by molar-refractivity contribution is -0.384. The molecule has 0 unspecified atom stereocenters. The molecule has 0 N–H and O–H groups in total. The molecule has 2 aromatic carbocycles. The van der Waals surface area contributed by atoms with Crippen LogP contribution in [0.4, 0.5) is 24.5 Å². The van der Waals surface area contributed by atoms with Crippen molar-refractivity contribution in [1.29, 1.82) is 0 Å². The maximum atomic E-state index is 13.4. The van der Waals surface area contributed by atoms with E-state index in [9.17, 15) is 31.7 Å². The van der Waals surface area contributed by atoms with Crippen molar-refractivity contribution in [3.8, 4) is 0 Å². The van der Waals surface area contributed by atoms with Crippen LogP contribution in [-0.2, 0) is 16.2 Å². The van der Waals surface area contributed by atoms with E-state index in [1.54, 1.807) is 13.8 Å². The van der Waals surface area contributed by atoms with Gasteiger partial charge in [-0.1, -0.05) is 26.0 Å². The Hall–Kier alpha value is -2.62. The molecule has 0 fully saturated rings. The fourth-order valence-electron chi connectivity index (χ4n) is 2.46. The van der Waals surface area contributed by atoms with Crippen LogP contribution in [0.25, 0.3) is 0 Å². The highest BCUT2D eigenvalue weighted by molar-refractivity contribution is 7.92. The molecule has 0 saturated heterocycles. The van der Waals surface area contributed by atoms with E-state index in [2.05, 4.69) is 0 Å². The third kappa shape index (κ3) is 4.57. The van der Waals surface area contributed by atoms with Gasteiger partial charge in [-0.3, -0.25) is 14.4 Å². The Morgan fingerprint density at radius 2 is 1.63 bits per heavy atom. The Kier molecular flexibility index (Phi) is 5.79. The average Bonchev–Trinajstić information content (AvgIpc) is 2.58. The van der Waals surface area contributed by atoms with Crippen LogP contribution < -0.4 is 4.31 Å². The lowest BCUT2D eigenvalue weighted by Gasteiger charge is -2.28. The van der Waals surface area contributed by atoms with Crippen molar-refractivity contribution in [2.45, 2.75) is 24.9 Å². The molecule has 10 heteroatoms. The maximum absolute atomic E-state index is 13.4. The Morgan fingerprint density at radius 1 is 1.07 bits per heavy atom. The number of anilines is 1. The lowest BCUT2D eigenvalue weighted by atomic mass is 10.1. The van der Waals surface area contributed by atoms with Gasteiger partial charge in [0.05, 0.1) is 21.1 Å². The zero-order valence-corrected chi connectivity index (χ0v) is 15.3. The number of nitro benzene ring substituents is 1. The highest BCUT2D eigenvalue weighted by Gasteiger charge is 2.37. The predicted molar refractivity (Wildman–Crippen MR) is 93.9 cm³/mol. The van der Waals surface area contributed by atoms with Gasteiger partial charge in [-0.25, -0.2) is 8.42 Å². The normalized spacial score (nSPS) is 12.2. The number of sulfonamides is 1. The van der Waals surface area contributed by atoms with E-state index in [-0.39, 0.29) is 23.0 Å². The summed E-state index contributed by atoms with van der Waals surface area (Å²) in [6, 6.07) is 8.42. The fraction of sp³-hybridized carbons (Fsp3) is 0.294. The van der Waals surface area contributed by atoms with Gasteiger partial charge < -0.3 is 0 Å². The molecule has 0 amide bonds. The summed E-state index contributed by atoms with van der Waals surface area (Å²) in [6.07, 6.45) is -4.74. The van der Waals surface area contributed by atoms with Crippen LogP contribution in [0, 0.1) is 16.0 Å². The molecule has 27 heavy (non-hydrogen) atoms. The van der Waals surface area contributed by atoms with E-state index in [1.807, 2.05) is 0 Å². The van der Waals surface area contributed by atoms with Gasteiger partial charge in [0, 0.05) is 18.7 Å².